The Bertz CT molecular complexity index is 222. The molecule has 0 spiro atoms. The van der Waals surface area contributed by atoms with E-state index in [1.807, 2.05) is 0 Å². The number of likely N-dealkylation sites (tertiary alicyclic amines) is 1. The lowest BCUT2D eigenvalue weighted by molar-refractivity contribution is 0.0570. The molecule has 1 fully saturated rings. The summed E-state index contributed by atoms with van der Waals surface area (Å²) in [6.07, 6.45) is 2.47. The van der Waals surface area contributed by atoms with Crippen molar-refractivity contribution in [3.63, 3.8) is 0 Å². The average Bonchev–Trinajstić information content (AvgIpc) is 2.30. The third-order valence-electron chi connectivity index (χ3n) is 2.81. The van der Waals surface area contributed by atoms with Crippen LogP contribution in [0.15, 0.2) is 4.99 Å². The molecule has 0 aromatic heterocycles. The number of nitrogens with two attached hydrogens (primary N) is 1. The van der Waals surface area contributed by atoms with Crippen LogP contribution in [0.3, 0.4) is 0 Å². The highest BCUT2D eigenvalue weighted by Gasteiger charge is 2.20. The molecule has 5 heteroatoms. The van der Waals surface area contributed by atoms with E-state index >= 15 is 0 Å². The van der Waals surface area contributed by atoms with Crippen molar-refractivity contribution in [1.82, 2.24) is 10.3 Å². The molecule has 0 atom stereocenters. The quantitative estimate of drug-likeness (QED) is 0.321. The Balaban J connectivity index is 2.45. The number of ether oxygens (including phenoxy) is 1. The van der Waals surface area contributed by atoms with Gasteiger partial charge in [0.25, 0.3) is 0 Å². The van der Waals surface area contributed by atoms with Crippen LogP contribution in [-0.4, -0.2) is 43.7 Å². The van der Waals surface area contributed by atoms with Gasteiger partial charge in [0.2, 0.25) is 5.96 Å². The molecule has 0 aromatic carbocycles. The molecule has 94 valence electrons. The molecule has 0 radical (unpaired) electrons. The van der Waals surface area contributed by atoms with Gasteiger partial charge in [0.1, 0.15) is 0 Å². The summed E-state index contributed by atoms with van der Waals surface area (Å²) in [5.74, 6) is 6.87. The second kappa shape index (κ2) is 6.70. The van der Waals surface area contributed by atoms with Gasteiger partial charge in [-0.2, -0.15) is 0 Å². The minimum atomic E-state index is 0.389. The zero-order valence-electron chi connectivity index (χ0n) is 10.6. The fourth-order valence-electron chi connectivity index (χ4n) is 1.81. The minimum absolute atomic E-state index is 0.389. The lowest BCUT2D eigenvalue weighted by Crippen LogP contribution is -2.49. The highest BCUT2D eigenvalue weighted by molar-refractivity contribution is 5.79. The number of methoxy groups -OCH3 is 1. The van der Waals surface area contributed by atoms with E-state index in [9.17, 15) is 0 Å². The van der Waals surface area contributed by atoms with Gasteiger partial charge in [-0.25, -0.2) is 5.84 Å². The molecule has 1 aliphatic rings. The van der Waals surface area contributed by atoms with Gasteiger partial charge in [0, 0.05) is 26.7 Å². The topological polar surface area (TPSA) is 62.9 Å². The Labute approximate surface area is 98.0 Å². The third-order valence-corrected chi connectivity index (χ3v) is 2.81. The molecule has 0 unspecified atom stereocenters. The van der Waals surface area contributed by atoms with Crippen molar-refractivity contribution in [2.24, 2.45) is 16.8 Å². The maximum Gasteiger partial charge on any atom is 0.208 e. The maximum absolute atomic E-state index is 5.50. The van der Waals surface area contributed by atoms with Crippen molar-refractivity contribution in [2.75, 3.05) is 26.7 Å². The van der Waals surface area contributed by atoms with Gasteiger partial charge in [-0.15, -0.1) is 0 Å². The van der Waals surface area contributed by atoms with Crippen molar-refractivity contribution < 1.29 is 4.74 Å². The molecule has 1 heterocycles. The van der Waals surface area contributed by atoms with Crippen molar-refractivity contribution in [2.45, 2.75) is 32.8 Å². The first-order valence-corrected chi connectivity index (χ1v) is 5.96. The largest absolute Gasteiger partial charge is 0.381 e. The van der Waals surface area contributed by atoms with Crippen LogP contribution in [0.25, 0.3) is 0 Å². The van der Waals surface area contributed by atoms with E-state index in [4.69, 9.17) is 10.6 Å². The molecule has 16 heavy (non-hydrogen) atoms. The zero-order chi connectivity index (χ0) is 12.0. The molecule has 0 bridgehead atoms. The van der Waals surface area contributed by atoms with Gasteiger partial charge < -0.3 is 9.64 Å². The predicted molar refractivity (Wildman–Crippen MR) is 66.1 cm³/mol. The van der Waals surface area contributed by atoms with Gasteiger partial charge in [0.15, 0.2) is 0 Å². The molecular formula is C11H24N4O. The summed E-state index contributed by atoms with van der Waals surface area (Å²) in [4.78, 5) is 6.67. The number of nitrogens with one attached hydrogen (secondary N) is 1. The van der Waals surface area contributed by atoms with Crippen LogP contribution < -0.4 is 11.3 Å². The number of guanidine groups is 1. The molecule has 1 rings (SSSR count). The predicted octanol–water partition coefficient (Wildman–Crippen LogP) is 0.573. The highest BCUT2D eigenvalue weighted by atomic mass is 16.5. The summed E-state index contributed by atoms with van der Waals surface area (Å²) in [7, 11) is 1.77. The van der Waals surface area contributed by atoms with Gasteiger partial charge in [-0.3, -0.25) is 10.4 Å². The molecule has 0 aromatic rings. The fourth-order valence-corrected chi connectivity index (χ4v) is 1.81. The minimum Gasteiger partial charge on any atom is -0.381 e. The Kier molecular flexibility index (Phi) is 5.55. The van der Waals surface area contributed by atoms with Crippen LogP contribution in [0.5, 0.6) is 0 Å². The summed E-state index contributed by atoms with van der Waals surface area (Å²) < 4.78 is 5.33. The van der Waals surface area contributed by atoms with Crippen LogP contribution in [0.2, 0.25) is 0 Å². The van der Waals surface area contributed by atoms with E-state index < -0.39 is 0 Å². The van der Waals surface area contributed by atoms with Crippen LogP contribution in [0.4, 0.5) is 0 Å². The smallest absolute Gasteiger partial charge is 0.208 e. The molecular weight excluding hydrogens is 204 g/mol. The van der Waals surface area contributed by atoms with Crippen molar-refractivity contribution in [1.29, 1.82) is 0 Å². The number of hydrazine groups is 1. The number of piperidine rings is 1. The molecule has 1 saturated heterocycles. The van der Waals surface area contributed by atoms with Crippen LogP contribution >= 0.6 is 0 Å². The highest BCUT2D eigenvalue weighted by Crippen LogP contribution is 2.12. The summed E-state index contributed by atoms with van der Waals surface area (Å²) >= 11 is 0. The Morgan fingerprint density at radius 2 is 2.12 bits per heavy atom. The average molecular weight is 228 g/mol. The van der Waals surface area contributed by atoms with E-state index in [1.54, 1.807) is 7.11 Å². The Morgan fingerprint density at radius 1 is 1.50 bits per heavy atom. The summed E-state index contributed by atoms with van der Waals surface area (Å²) in [5, 5.41) is 0. The van der Waals surface area contributed by atoms with Gasteiger partial charge in [-0.05, 0) is 18.8 Å². The van der Waals surface area contributed by atoms with Crippen molar-refractivity contribution in [3.05, 3.63) is 0 Å². The van der Waals surface area contributed by atoms with Gasteiger partial charge in [0.05, 0.1) is 6.10 Å². The molecule has 0 saturated carbocycles. The second-order valence-corrected chi connectivity index (χ2v) is 4.62. The summed E-state index contributed by atoms with van der Waals surface area (Å²) in [6.45, 7) is 7.02. The van der Waals surface area contributed by atoms with Crippen molar-refractivity contribution >= 4 is 5.96 Å². The third kappa shape index (κ3) is 3.98. The molecule has 0 amide bonds. The standard InChI is InChI=1S/C11H24N4O/c1-9(2)8-13-11(14-12)15-6-4-10(16-3)5-7-15/h9-10H,4-8,12H2,1-3H3,(H,13,14). The SMILES string of the molecule is COC1CCN(C(=NCC(C)C)NN)CC1. The lowest BCUT2D eigenvalue weighted by Gasteiger charge is -2.33. The Hall–Kier alpha value is -0.810. The maximum atomic E-state index is 5.50. The first-order chi connectivity index (χ1) is 7.67. The van der Waals surface area contributed by atoms with E-state index in [1.165, 1.54) is 0 Å². The number of aliphatic imine (C=N–C) groups is 1. The fraction of sp³-hybridized carbons (Fsp3) is 0.909. The zero-order valence-corrected chi connectivity index (χ0v) is 10.6. The number of hydrogen-bond donors (Lipinski definition) is 2. The number of nitrogens with zero attached hydrogens (tertiary/aromatic N) is 2. The Morgan fingerprint density at radius 3 is 2.56 bits per heavy atom. The molecule has 1 aliphatic heterocycles. The monoisotopic (exact) mass is 228 g/mol. The number of rotatable bonds is 3. The molecule has 3 N–H and O–H groups in total. The summed E-state index contributed by atoms with van der Waals surface area (Å²) in [6, 6.07) is 0. The molecule has 0 aliphatic carbocycles. The lowest BCUT2D eigenvalue weighted by atomic mass is 10.1. The first kappa shape index (κ1) is 13.3. The van der Waals surface area contributed by atoms with Crippen LogP contribution in [0.1, 0.15) is 26.7 Å². The van der Waals surface area contributed by atoms with E-state index in [-0.39, 0.29) is 0 Å². The second-order valence-electron chi connectivity index (χ2n) is 4.62. The number of hydrogen-bond acceptors (Lipinski definition) is 3. The van der Waals surface area contributed by atoms with E-state index in [0.29, 0.717) is 12.0 Å². The van der Waals surface area contributed by atoms with E-state index in [0.717, 1.165) is 38.4 Å². The first-order valence-electron chi connectivity index (χ1n) is 5.96. The van der Waals surface area contributed by atoms with Crippen LogP contribution in [-0.2, 0) is 4.74 Å². The van der Waals surface area contributed by atoms with Crippen LogP contribution in [0, 0.1) is 5.92 Å². The molecule has 5 nitrogen and oxygen atoms in total. The van der Waals surface area contributed by atoms with Gasteiger partial charge in [-0.1, -0.05) is 13.8 Å². The summed E-state index contributed by atoms with van der Waals surface area (Å²) in [5.41, 5.74) is 2.70. The van der Waals surface area contributed by atoms with Gasteiger partial charge >= 0.3 is 0 Å². The van der Waals surface area contributed by atoms with E-state index in [2.05, 4.69) is 29.2 Å². The van der Waals surface area contributed by atoms with Crippen molar-refractivity contribution in [3.8, 4) is 0 Å². The normalized spacial score (nSPS) is 19.3.